The number of aliphatic imine (C=N–C) groups is 1. The van der Waals surface area contributed by atoms with E-state index < -0.39 is 5.91 Å². The number of hydrogen-bond acceptors (Lipinski definition) is 6. The fraction of sp³-hybridized carbons (Fsp3) is 0.143. The number of carbonyl (C=O) groups is 1. The molecule has 0 saturated heterocycles. The molecule has 37 heavy (non-hydrogen) atoms. The molecule has 9 heteroatoms. The van der Waals surface area contributed by atoms with Gasteiger partial charge in [0.15, 0.2) is 17.3 Å². The summed E-state index contributed by atoms with van der Waals surface area (Å²) in [6, 6.07) is 19.4. The first kappa shape index (κ1) is 24.5. The zero-order valence-corrected chi connectivity index (χ0v) is 21.0. The van der Waals surface area contributed by atoms with Gasteiger partial charge >= 0.3 is 0 Å². The quantitative estimate of drug-likeness (QED) is 0.404. The molecule has 0 radical (unpaired) electrons. The van der Waals surface area contributed by atoms with Crippen molar-refractivity contribution in [1.29, 1.82) is 5.41 Å². The van der Waals surface area contributed by atoms with Crippen LogP contribution < -0.4 is 9.47 Å². The molecule has 0 atom stereocenters. The van der Waals surface area contributed by atoms with Crippen LogP contribution in [0.5, 0.6) is 11.5 Å². The van der Waals surface area contributed by atoms with Crippen molar-refractivity contribution in [2.24, 2.45) is 10.1 Å². The average molecular weight is 515 g/mol. The third kappa shape index (κ3) is 5.17. The van der Waals surface area contributed by atoms with Gasteiger partial charge in [-0.3, -0.25) is 10.2 Å². The molecule has 0 saturated carbocycles. The molecule has 1 N–H and O–H groups in total. The molecule has 0 fully saturated rings. The maximum absolute atomic E-state index is 14.0. The number of amidine groups is 2. The second-order valence-corrected chi connectivity index (χ2v) is 9.27. The molecule has 0 aromatic heterocycles. The van der Waals surface area contributed by atoms with Crippen molar-refractivity contribution in [2.45, 2.75) is 20.5 Å². The Labute approximate surface area is 217 Å². The standard InChI is InChI=1S/C28H23FN4O3S/c1-3-35-24-15-18(10-13-23(24)36-16-20-6-4-5-7-22(20)29)14-21-25(30)33-28(31-26(21)34)37-27(32-33)19-11-8-17(2)9-12-19/h4-15,30H,3,16H2,1-2H3/b21-14+,30-25?. The Morgan fingerprint density at radius 2 is 1.84 bits per heavy atom. The van der Waals surface area contributed by atoms with Crippen LogP contribution in [0.3, 0.4) is 0 Å². The normalized spacial score (nSPS) is 16.0. The molecule has 3 aromatic carbocycles. The number of ether oxygens (including phenoxy) is 2. The second-order valence-electron chi connectivity index (χ2n) is 8.31. The van der Waals surface area contributed by atoms with Gasteiger partial charge in [-0.15, -0.1) is 0 Å². The topological polar surface area (TPSA) is 87.3 Å². The molecule has 1 amide bonds. The first-order chi connectivity index (χ1) is 17.9. The van der Waals surface area contributed by atoms with E-state index in [0.717, 1.165) is 11.1 Å². The first-order valence-electron chi connectivity index (χ1n) is 11.6. The fourth-order valence-corrected chi connectivity index (χ4v) is 4.64. The predicted octanol–water partition coefficient (Wildman–Crippen LogP) is 5.78. The van der Waals surface area contributed by atoms with E-state index in [9.17, 15) is 9.18 Å². The van der Waals surface area contributed by atoms with Crippen LogP contribution >= 0.6 is 11.8 Å². The largest absolute Gasteiger partial charge is 0.490 e. The van der Waals surface area contributed by atoms with Gasteiger partial charge in [0, 0.05) is 11.1 Å². The van der Waals surface area contributed by atoms with Crippen molar-refractivity contribution in [3.8, 4) is 11.5 Å². The number of nitrogens with zero attached hydrogens (tertiary/aromatic N) is 3. The van der Waals surface area contributed by atoms with E-state index in [1.165, 1.54) is 22.8 Å². The molecule has 3 aromatic rings. The number of aryl methyl sites for hydroxylation is 1. The molecule has 0 spiro atoms. The summed E-state index contributed by atoms with van der Waals surface area (Å²) in [5, 5.41) is 15.6. The zero-order chi connectivity index (χ0) is 25.9. The van der Waals surface area contributed by atoms with Crippen molar-refractivity contribution in [3.63, 3.8) is 0 Å². The number of carbonyl (C=O) groups excluding carboxylic acids is 1. The molecule has 2 heterocycles. The highest BCUT2D eigenvalue weighted by Gasteiger charge is 2.36. The van der Waals surface area contributed by atoms with Crippen LogP contribution in [0.15, 0.2) is 82.4 Å². The van der Waals surface area contributed by atoms with E-state index in [1.54, 1.807) is 42.5 Å². The molecule has 186 valence electrons. The van der Waals surface area contributed by atoms with Gasteiger partial charge in [0.1, 0.15) is 17.5 Å². The second kappa shape index (κ2) is 10.4. The Morgan fingerprint density at radius 1 is 1.05 bits per heavy atom. The van der Waals surface area contributed by atoms with Gasteiger partial charge in [0.25, 0.3) is 5.91 Å². The third-order valence-electron chi connectivity index (χ3n) is 5.67. The third-order valence-corrected chi connectivity index (χ3v) is 6.63. The Hall–Kier alpha value is -4.24. The summed E-state index contributed by atoms with van der Waals surface area (Å²) in [6.07, 6.45) is 1.58. The molecular formula is C28H23FN4O3S. The van der Waals surface area contributed by atoms with Crippen LogP contribution in [-0.4, -0.2) is 33.6 Å². The molecular weight excluding hydrogens is 491 g/mol. The van der Waals surface area contributed by atoms with E-state index >= 15 is 0 Å². The maximum atomic E-state index is 14.0. The van der Waals surface area contributed by atoms with Crippen LogP contribution in [0.2, 0.25) is 0 Å². The number of halogens is 1. The molecule has 0 bridgehead atoms. The summed E-state index contributed by atoms with van der Waals surface area (Å²) in [5.74, 6) is -0.0156. The Balaban J connectivity index is 1.39. The molecule has 2 aliphatic heterocycles. The van der Waals surface area contributed by atoms with Gasteiger partial charge in [-0.25, -0.2) is 4.39 Å². The lowest BCUT2D eigenvalue weighted by Crippen LogP contribution is -2.35. The fourth-order valence-electron chi connectivity index (χ4n) is 3.74. The highest BCUT2D eigenvalue weighted by atomic mass is 32.2. The number of amides is 1. The summed E-state index contributed by atoms with van der Waals surface area (Å²) in [5.41, 5.74) is 3.19. The van der Waals surface area contributed by atoms with Crippen LogP contribution in [-0.2, 0) is 11.4 Å². The number of hydrazone groups is 1. The number of thioether (sulfide) groups is 1. The van der Waals surface area contributed by atoms with Gasteiger partial charge in [-0.1, -0.05) is 54.1 Å². The smallest absolute Gasteiger partial charge is 0.283 e. The number of fused-ring (bicyclic) bond motifs is 1. The first-order valence-corrected chi connectivity index (χ1v) is 12.4. The van der Waals surface area contributed by atoms with Gasteiger partial charge in [-0.05, 0) is 55.4 Å². The summed E-state index contributed by atoms with van der Waals surface area (Å²) in [6.45, 7) is 4.28. The van der Waals surface area contributed by atoms with Crippen molar-refractivity contribution in [3.05, 3.63) is 100 Å². The number of rotatable bonds is 7. The van der Waals surface area contributed by atoms with E-state index in [0.29, 0.717) is 39.4 Å². The summed E-state index contributed by atoms with van der Waals surface area (Å²) < 4.78 is 25.5. The van der Waals surface area contributed by atoms with Gasteiger partial charge < -0.3 is 9.47 Å². The number of benzene rings is 3. The maximum Gasteiger partial charge on any atom is 0.283 e. The van der Waals surface area contributed by atoms with E-state index in [2.05, 4.69) is 10.1 Å². The highest BCUT2D eigenvalue weighted by molar-refractivity contribution is 8.27. The lowest BCUT2D eigenvalue weighted by molar-refractivity contribution is -0.114. The summed E-state index contributed by atoms with van der Waals surface area (Å²) >= 11 is 1.26. The van der Waals surface area contributed by atoms with Gasteiger partial charge in [0.2, 0.25) is 5.17 Å². The van der Waals surface area contributed by atoms with E-state index in [-0.39, 0.29) is 23.8 Å². The van der Waals surface area contributed by atoms with E-state index in [1.807, 2.05) is 38.1 Å². The SMILES string of the molecule is CCOc1cc(/C=C2\C(=N)N3N=C(c4ccc(C)cc4)SC3=NC2=O)ccc1OCc1ccccc1F. The van der Waals surface area contributed by atoms with Crippen LogP contribution in [0.25, 0.3) is 6.08 Å². The average Bonchev–Trinajstić information content (AvgIpc) is 3.31. The molecule has 2 aliphatic rings. The number of nitrogens with one attached hydrogen (secondary N) is 1. The van der Waals surface area contributed by atoms with Crippen molar-refractivity contribution >= 4 is 39.8 Å². The Morgan fingerprint density at radius 3 is 2.59 bits per heavy atom. The highest BCUT2D eigenvalue weighted by Crippen LogP contribution is 2.33. The minimum absolute atomic E-state index is 0.0434. The summed E-state index contributed by atoms with van der Waals surface area (Å²) in [7, 11) is 0. The summed E-state index contributed by atoms with van der Waals surface area (Å²) in [4.78, 5) is 17.0. The van der Waals surface area contributed by atoms with Gasteiger partial charge in [-0.2, -0.15) is 15.1 Å². The lowest BCUT2D eigenvalue weighted by Gasteiger charge is -2.20. The monoisotopic (exact) mass is 514 g/mol. The Kier molecular flexibility index (Phi) is 6.87. The minimum atomic E-state index is -0.512. The molecule has 5 rings (SSSR count). The molecule has 0 aliphatic carbocycles. The van der Waals surface area contributed by atoms with Crippen molar-refractivity contribution in [2.75, 3.05) is 6.61 Å². The minimum Gasteiger partial charge on any atom is -0.490 e. The predicted molar refractivity (Wildman–Crippen MR) is 144 cm³/mol. The van der Waals surface area contributed by atoms with Crippen LogP contribution in [0, 0.1) is 18.2 Å². The number of hydrogen-bond donors (Lipinski definition) is 1. The van der Waals surface area contributed by atoms with Crippen molar-refractivity contribution < 1.29 is 18.7 Å². The van der Waals surface area contributed by atoms with Crippen LogP contribution in [0.1, 0.15) is 29.2 Å². The van der Waals surface area contributed by atoms with Crippen molar-refractivity contribution in [1.82, 2.24) is 5.01 Å². The lowest BCUT2D eigenvalue weighted by atomic mass is 10.1. The molecule has 7 nitrogen and oxygen atoms in total. The van der Waals surface area contributed by atoms with Gasteiger partial charge in [0.05, 0.1) is 12.2 Å². The van der Waals surface area contributed by atoms with E-state index in [4.69, 9.17) is 14.9 Å². The Bertz CT molecular complexity index is 1480. The van der Waals surface area contributed by atoms with Crippen LogP contribution in [0.4, 0.5) is 4.39 Å². The zero-order valence-electron chi connectivity index (χ0n) is 20.2. The molecule has 0 unspecified atom stereocenters.